The summed E-state index contributed by atoms with van der Waals surface area (Å²) in [6, 6.07) is 15.5. The highest BCUT2D eigenvalue weighted by Crippen LogP contribution is 2.29. The molecule has 0 unspecified atom stereocenters. The van der Waals surface area contributed by atoms with Crippen LogP contribution in [0.4, 0.5) is 14.5 Å². The third-order valence-electron chi connectivity index (χ3n) is 5.27. The first kappa shape index (κ1) is 18.8. The maximum absolute atomic E-state index is 15.0. The van der Waals surface area contributed by atoms with E-state index in [0.717, 1.165) is 25.1 Å². The molecule has 2 nitrogen and oxygen atoms in total. The van der Waals surface area contributed by atoms with Crippen molar-refractivity contribution in [3.8, 4) is 0 Å². The smallest absolute Gasteiger partial charge is 0.126 e. The number of aryl methyl sites for hydroxylation is 2. The van der Waals surface area contributed by atoms with Crippen molar-refractivity contribution >= 4 is 5.69 Å². The minimum absolute atomic E-state index is 0.190. The third kappa shape index (κ3) is 5.04. The molecule has 2 aromatic rings. The van der Waals surface area contributed by atoms with Crippen LogP contribution in [0.15, 0.2) is 48.5 Å². The molecule has 3 rings (SSSR count). The van der Waals surface area contributed by atoms with Gasteiger partial charge in [0.05, 0.1) is 0 Å². The number of halogens is 2. The maximum atomic E-state index is 15.0. The molecule has 1 heterocycles. The van der Waals surface area contributed by atoms with E-state index in [9.17, 15) is 4.39 Å². The summed E-state index contributed by atoms with van der Waals surface area (Å²) in [4.78, 5) is 2.15. The van der Waals surface area contributed by atoms with Crippen LogP contribution in [0.3, 0.4) is 0 Å². The Bertz CT molecular complexity index is 695. The summed E-state index contributed by atoms with van der Waals surface area (Å²) in [5.41, 5.74) is 1.81. The summed E-state index contributed by atoms with van der Waals surface area (Å²) < 4.78 is 28.4. The highest BCUT2D eigenvalue weighted by atomic mass is 19.1. The molecule has 0 aliphatic carbocycles. The lowest BCUT2D eigenvalue weighted by Gasteiger charge is -2.38. The number of rotatable bonds is 7. The second-order valence-electron chi connectivity index (χ2n) is 7.34. The van der Waals surface area contributed by atoms with Gasteiger partial charge in [-0.05, 0) is 55.6 Å². The van der Waals surface area contributed by atoms with Crippen LogP contribution in [0, 0.1) is 12.7 Å². The molecule has 0 aromatic heterocycles. The van der Waals surface area contributed by atoms with Crippen molar-refractivity contribution < 1.29 is 8.78 Å². The van der Waals surface area contributed by atoms with Crippen molar-refractivity contribution in [3.63, 3.8) is 0 Å². The molecule has 26 heavy (non-hydrogen) atoms. The van der Waals surface area contributed by atoms with Crippen LogP contribution in [0.5, 0.6) is 0 Å². The molecular weight excluding hydrogens is 330 g/mol. The molecular formula is C22H28F2N2. The van der Waals surface area contributed by atoms with Gasteiger partial charge >= 0.3 is 0 Å². The van der Waals surface area contributed by atoms with Crippen molar-refractivity contribution in [1.29, 1.82) is 0 Å². The number of anilines is 1. The standard InChI is InChI=1S/C22H28F2N2/c1-18-16-20(9-10-21(18)23)26-14-11-22(24,12-15-26)17-25-13-5-8-19-6-3-2-4-7-19/h2-4,6-7,9-10,16,25H,5,8,11-15,17H2,1H3. The molecule has 0 radical (unpaired) electrons. The summed E-state index contributed by atoms with van der Waals surface area (Å²) >= 11 is 0. The quantitative estimate of drug-likeness (QED) is 0.724. The molecule has 0 saturated carbocycles. The Morgan fingerprint density at radius 1 is 1.08 bits per heavy atom. The van der Waals surface area contributed by atoms with Gasteiger partial charge in [-0.15, -0.1) is 0 Å². The number of hydrogen-bond donors (Lipinski definition) is 1. The van der Waals surface area contributed by atoms with E-state index in [1.807, 2.05) is 12.1 Å². The van der Waals surface area contributed by atoms with E-state index in [-0.39, 0.29) is 5.82 Å². The van der Waals surface area contributed by atoms with Gasteiger partial charge in [0.1, 0.15) is 11.5 Å². The Morgan fingerprint density at radius 2 is 1.81 bits per heavy atom. The van der Waals surface area contributed by atoms with Crippen LogP contribution in [-0.4, -0.2) is 31.8 Å². The highest BCUT2D eigenvalue weighted by molar-refractivity contribution is 5.49. The van der Waals surface area contributed by atoms with E-state index in [4.69, 9.17) is 0 Å². The van der Waals surface area contributed by atoms with Crippen molar-refractivity contribution in [2.24, 2.45) is 0 Å². The summed E-state index contributed by atoms with van der Waals surface area (Å²) in [6.07, 6.45) is 3.05. The van der Waals surface area contributed by atoms with Crippen LogP contribution in [0.25, 0.3) is 0 Å². The summed E-state index contributed by atoms with van der Waals surface area (Å²) in [5, 5.41) is 3.29. The Morgan fingerprint density at radius 3 is 2.50 bits per heavy atom. The number of nitrogens with zero attached hydrogens (tertiary/aromatic N) is 1. The van der Waals surface area contributed by atoms with E-state index in [0.29, 0.717) is 38.0 Å². The third-order valence-corrected chi connectivity index (χ3v) is 5.27. The highest BCUT2D eigenvalue weighted by Gasteiger charge is 2.34. The molecule has 0 bridgehead atoms. The summed E-state index contributed by atoms with van der Waals surface area (Å²) in [6.45, 7) is 4.36. The Hall–Kier alpha value is -1.94. The van der Waals surface area contributed by atoms with Crippen LogP contribution >= 0.6 is 0 Å². The Balaban J connectivity index is 1.39. The number of alkyl halides is 1. The van der Waals surface area contributed by atoms with Crippen molar-refractivity contribution in [3.05, 3.63) is 65.5 Å². The second kappa shape index (κ2) is 8.63. The molecule has 0 atom stereocenters. The molecule has 1 aliphatic rings. The predicted molar refractivity (Wildman–Crippen MR) is 104 cm³/mol. The summed E-state index contributed by atoms with van der Waals surface area (Å²) in [7, 11) is 0. The number of piperidine rings is 1. The Kier molecular flexibility index (Phi) is 6.25. The van der Waals surface area contributed by atoms with E-state index in [2.05, 4.69) is 34.5 Å². The first-order chi connectivity index (χ1) is 12.6. The predicted octanol–water partition coefficient (Wildman–Crippen LogP) is 4.67. The zero-order valence-corrected chi connectivity index (χ0v) is 15.5. The largest absolute Gasteiger partial charge is 0.371 e. The fourth-order valence-electron chi connectivity index (χ4n) is 3.54. The van der Waals surface area contributed by atoms with Crippen LogP contribution < -0.4 is 10.2 Å². The minimum atomic E-state index is -1.14. The first-order valence-corrected chi connectivity index (χ1v) is 9.50. The fraction of sp³-hybridized carbons (Fsp3) is 0.455. The van der Waals surface area contributed by atoms with E-state index >= 15 is 4.39 Å². The van der Waals surface area contributed by atoms with Crippen molar-refractivity contribution in [1.82, 2.24) is 5.32 Å². The minimum Gasteiger partial charge on any atom is -0.371 e. The molecule has 4 heteroatoms. The SMILES string of the molecule is Cc1cc(N2CCC(F)(CNCCCc3ccccc3)CC2)ccc1F. The van der Waals surface area contributed by atoms with Crippen LogP contribution in [0.1, 0.15) is 30.4 Å². The fourth-order valence-corrected chi connectivity index (χ4v) is 3.54. The molecule has 0 amide bonds. The van der Waals surface area contributed by atoms with Gasteiger partial charge in [-0.2, -0.15) is 0 Å². The summed E-state index contributed by atoms with van der Waals surface area (Å²) in [5.74, 6) is -0.190. The molecule has 1 N–H and O–H groups in total. The number of hydrogen-bond acceptors (Lipinski definition) is 2. The Labute approximate surface area is 155 Å². The average molecular weight is 358 g/mol. The molecule has 140 valence electrons. The van der Waals surface area contributed by atoms with Gasteiger partial charge in [-0.1, -0.05) is 30.3 Å². The van der Waals surface area contributed by atoms with E-state index < -0.39 is 5.67 Å². The second-order valence-corrected chi connectivity index (χ2v) is 7.34. The van der Waals surface area contributed by atoms with Crippen LogP contribution in [0.2, 0.25) is 0 Å². The van der Waals surface area contributed by atoms with Gasteiger partial charge in [0.15, 0.2) is 0 Å². The lowest BCUT2D eigenvalue weighted by Crippen LogP contribution is -2.47. The van der Waals surface area contributed by atoms with Gasteiger partial charge < -0.3 is 10.2 Å². The number of nitrogens with one attached hydrogen (secondary N) is 1. The maximum Gasteiger partial charge on any atom is 0.126 e. The molecule has 1 aliphatic heterocycles. The van der Waals surface area contributed by atoms with Gasteiger partial charge in [-0.3, -0.25) is 0 Å². The zero-order chi connectivity index (χ0) is 18.4. The van der Waals surface area contributed by atoms with Gasteiger partial charge in [0, 0.05) is 38.2 Å². The lowest BCUT2D eigenvalue weighted by molar-refractivity contribution is 0.123. The number of benzene rings is 2. The monoisotopic (exact) mass is 358 g/mol. The molecule has 2 aromatic carbocycles. The van der Waals surface area contributed by atoms with Crippen LogP contribution in [-0.2, 0) is 6.42 Å². The van der Waals surface area contributed by atoms with Gasteiger partial charge in [0.25, 0.3) is 0 Å². The molecule has 0 spiro atoms. The molecule has 1 fully saturated rings. The van der Waals surface area contributed by atoms with Crippen molar-refractivity contribution in [2.45, 2.75) is 38.3 Å². The topological polar surface area (TPSA) is 15.3 Å². The van der Waals surface area contributed by atoms with Gasteiger partial charge in [-0.25, -0.2) is 8.78 Å². The zero-order valence-electron chi connectivity index (χ0n) is 15.5. The van der Waals surface area contributed by atoms with Crippen molar-refractivity contribution in [2.75, 3.05) is 31.1 Å². The average Bonchev–Trinajstić information content (AvgIpc) is 2.65. The first-order valence-electron chi connectivity index (χ1n) is 9.50. The normalized spacial score (nSPS) is 16.7. The lowest BCUT2D eigenvalue weighted by atomic mass is 9.92. The molecule has 1 saturated heterocycles. The van der Waals surface area contributed by atoms with Gasteiger partial charge in [0.2, 0.25) is 0 Å². The van der Waals surface area contributed by atoms with E-state index in [1.54, 1.807) is 13.0 Å². The van der Waals surface area contributed by atoms with E-state index in [1.165, 1.54) is 11.6 Å².